The maximum Gasteiger partial charge on any atom is 0.293 e. The molecule has 3 rings (SSSR count). The van der Waals surface area contributed by atoms with Gasteiger partial charge in [0.2, 0.25) is 0 Å². The standard InChI is InChI=1S/C19H27N5O3S/c1-11-4-3-5-15(12(11)2)21-19(28)23-22-18(25)13-6-9-16(20-14-7-8-14)17(10-13)24(26)27/h6,9-12,14-15,20H,3-5,7-8H2,1-2H3,(H,22,25)(H2,21,23,28)/t11-,12-,15+/m1/s1. The van der Waals surface area contributed by atoms with Gasteiger partial charge >= 0.3 is 0 Å². The Morgan fingerprint density at radius 2 is 1.93 bits per heavy atom. The zero-order chi connectivity index (χ0) is 20.3. The average Bonchev–Trinajstić information content (AvgIpc) is 3.47. The quantitative estimate of drug-likeness (QED) is 0.339. The van der Waals surface area contributed by atoms with E-state index in [0.29, 0.717) is 22.6 Å². The number of amides is 1. The minimum absolute atomic E-state index is 0.106. The van der Waals surface area contributed by atoms with Crippen molar-refractivity contribution in [3.05, 3.63) is 33.9 Å². The van der Waals surface area contributed by atoms with Crippen LogP contribution in [0.5, 0.6) is 0 Å². The summed E-state index contributed by atoms with van der Waals surface area (Å²) in [5.74, 6) is 0.653. The number of rotatable bonds is 5. The Bertz CT molecular complexity index is 768. The molecule has 1 aromatic carbocycles. The molecule has 9 heteroatoms. The van der Waals surface area contributed by atoms with Crippen molar-refractivity contribution >= 4 is 34.6 Å². The molecular weight excluding hydrogens is 378 g/mol. The maximum atomic E-state index is 12.4. The number of nitro groups is 1. The van der Waals surface area contributed by atoms with E-state index in [1.165, 1.54) is 12.5 Å². The van der Waals surface area contributed by atoms with Crippen LogP contribution in [0, 0.1) is 22.0 Å². The van der Waals surface area contributed by atoms with Crippen LogP contribution in [0.1, 0.15) is 56.3 Å². The summed E-state index contributed by atoms with van der Waals surface area (Å²) in [6.07, 6.45) is 5.44. The van der Waals surface area contributed by atoms with Crippen LogP contribution in [0.3, 0.4) is 0 Å². The third-order valence-electron chi connectivity index (χ3n) is 5.71. The van der Waals surface area contributed by atoms with Crippen molar-refractivity contribution in [2.75, 3.05) is 5.32 Å². The van der Waals surface area contributed by atoms with E-state index in [9.17, 15) is 14.9 Å². The normalized spacial score (nSPS) is 24.1. The minimum atomic E-state index is -0.479. The Hall–Kier alpha value is -2.42. The van der Waals surface area contributed by atoms with E-state index in [1.54, 1.807) is 12.1 Å². The lowest BCUT2D eigenvalue weighted by atomic mass is 9.78. The highest BCUT2D eigenvalue weighted by Crippen LogP contribution is 2.31. The summed E-state index contributed by atoms with van der Waals surface area (Å²) in [7, 11) is 0. The van der Waals surface area contributed by atoms with Crippen molar-refractivity contribution in [1.29, 1.82) is 0 Å². The number of nitro benzene ring substituents is 1. The number of nitrogens with one attached hydrogen (secondary N) is 4. The van der Waals surface area contributed by atoms with Gasteiger partial charge in [0.05, 0.1) is 4.92 Å². The molecule has 0 saturated heterocycles. The van der Waals surface area contributed by atoms with Crippen LogP contribution in [0.4, 0.5) is 11.4 Å². The molecule has 0 aliphatic heterocycles. The highest BCUT2D eigenvalue weighted by Gasteiger charge is 2.28. The molecule has 0 bridgehead atoms. The molecule has 1 aromatic rings. The lowest BCUT2D eigenvalue weighted by molar-refractivity contribution is -0.384. The Labute approximate surface area is 170 Å². The average molecular weight is 406 g/mol. The molecule has 0 spiro atoms. The number of thiocarbonyl (C=S) groups is 1. The second-order valence-electron chi connectivity index (χ2n) is 7.83. The van der Waals surface area contributed by atoms with Crippen LogP contribution >= 0.6 is 12.2 Å². The van der Waals surface area contributed by atoms with Crippen LogP contribution in [-0.4, -0.2) is 28.0 Å². The lowest BCUT2D eigenvalue weighted by Gasteiger charge is -2.35. The third-order valence-corrected chi connectivity index (χ3v) is 5.93. The van der Waals surface area contributed by atoms with Crippen molar-refractivity contribution < 1.29 is 9.72 Å². The molecule has 2 aliphatic rings. The largest absolute Gasteiger partial charge is 0.377 e. The Morgan fingerprint density at radius 1 is 1.18 bits per heavy atom. The fraction of sp³-hybridized carbons (Fsp3) is 0.579. The highest BCUT2D eigenvalue weighted by molar-refractivity contribution is 7.80. The van der Waals surface area contributed by atoms with Crippen LogP contribution in [-0.2, 0) is 0 Å². The van der Waals surface area contributed by atoms with Gasteiger partial charge in [-0.25, -0.2) is 0 Å². The summed E-state index contributed by atoms with van der Waals surface area (Å²) in [5, 5.41) is 18.1. The first-order valence-electron chi connectivity index (χ1n) is 9.77. The summed E-state index contributed by atoms with van der Waals surface area (Å²) in [5.41, 5.74) is 5.75. The van der Waals surface area contributed by atoms with Gasteiger partial charge in [0.15, 0.2) is 5.11 Å². The predicted molar refractivity (Wildman–Crippen MR) is 112 cm³/mol. The van der Waals surface area contributed by atoms with E-state index in [-0.39, 0.29) is 23.3 Å². The molecule has 3 atom stereocenters. The van der Waals surface area contributed by atoms with Gasteiger partial charge in [0.1, 0.15) is 5.69 Å². The molecule has 0 heterocycles. The van der Waals surface area contributed by atoms with E-state index in [2.05, 4.69) is 35.3 Å². The molecule has 0 radical (unpaired) electrons. The van der Waals surface area contributed by atoms with Crippen molar-refractivity contribution in [3.8, 4) is 0 Å². The Kier molecular flexibility index (Phi) is 6.33. The highest BCUT2D eigenvalue weighted by atomic mass is 32.1. The second-order valence-corrected chi connectivity index (χ2v) is 8.24. The van der Waals surface area contributed by atoms with Gasteiger partial charge in [-0.1, -0.05) is 26.7 Å². The molecule has 0 aromatic heterocycles. The van der Waals surface area contributed by atoms with Gasteiger partial charge in [-0.15, -0.1) is 0 Å². The van der Waals surface area contributed by atoms with Crippen LogP contribution in [0.25, 0.3) is 0 Å². The number of anilines is 1. The molecule has 28 heavy (non-hydrogen) atoms. The summed E-state index contributed by atoms with van der Waals surface area (Å²) in [6.45, 7) is 4.45. The summed E-state index contributed by atoms with van der Waals surface area (Å²) >= 11 is 5.28. The lowest BCUT2D eigenvalue weighted by Crippen LogP contribution is -2.52. The fourth-order valence-electron chi connectivity index (χ4n) is 3.57. The smallest absolute Gasteiger partial charge is 0.293 e. The van der Waals surface area contributed by atoms with Gasteiger partial charge in [-0.3, -0.25) is 25.8 Å². The number of benzene rings is 1. The van der Waals surface area contributed by atoms with Gasteiger partial charge in [-0.2, -0.15) is 0 Å². The minimum Gasteiger partial charge on any atom is -0.377 e. The predicted octanol–water partition coefficient (Wildman–Crippen LogP) is 3.10. The van der Waals surface area contributed by atoms with Crippen molar-refractivity contribution in [2.24, 2.45) is 11.8 Å². The van der Waals surface area contributed by atoms with Crippen LogP contribution < -0.4 is 21.5 Å². The van der Waals surface area contributed by atoms with Gasteiger partial charge in [0.25, 0.3) is 11.6 Å². The topological polar surface area (TPSA) is 108 Å². The number of carbonyl (C=O) groups excluding carboxylic acids is 1. The second kappa shape index (κ2) is 8.72. The first-order valence-corrected chi connectivity index (χ1v) is 10.2. The SMILES string of the molecule is C[C@@H]1[C@H](C)CCC[C@@H]1NC(=S)NNC(=O)c1ccc(NC2CC2)c([N+](=O)[O-])c1. The molecule has 4 N–H and O–H groups in total. The first kappa shape index (κ1) is 20.3. The zero-order valence-electron chi connectivity index (χ0n) is 16.2. The molecular formula is C19H27N5O3S. The van der Waals surface area contributed by atoms with Gasteiger partial charge in [0, 0.05) is 23.7 Å². The van der Waals surface area contributed by atoms with Crippen LogP contribution in [0.15, 0.2) is 18.2 Å². The Morgan fingerprint density at radius 3 is 2.61 bits per heavy atom. The summed E-state index contributed by atoms with van der Waals surface area (Å²) in [6, 6.07) is 4.98. The summed E-state index contributed by atoms with van der Waals surface area (Å²) < 4.78 is 0. The Balaban J connectivity index is 1.56. The van der Waals surface area contributed by atoms with Crippen molar-refractivity contribution in [2.45, 2.75) is 58.0 Å². The molecule has 2 saturated carbocycles. The van der Waals surface area contributed by atoms with Crippen molar-refractivity contribution in [3.63, 3.8) is 0 Å². The molecule has 1 amide bonds. The number of hydrogen-bond acceptors (Lipinski definition) is 5. The first-order chi connectivity index (χ1) is 13.3. The number of carbonyl (C=O) groups is 1. The fourth-order valence-corrected chi connectivity index (χ4v) is 3.77. The number of hydrazine groups is 1. The third kappa shape index (κ3) is 5.09. The summed E-state index contributed by atoms with van der Waals surface area (Å²) in [4.78, 5) is 23.2. The maximum absolute atomic E-state index is 12.4. The molecule has 2 fully saturated rings. The van der Waals surface area contributed by atoms with Gasteiger partial charge < -0.3 is 10.6 Å². The number of nitrogens with zero attached hydrogens (tertiary/aromatic N) is 1. The van der Waals surface area contributed by atoms with E-state index >= 15 is 0 Å². The van der Waals surface area contributed by atoms with E-state index in [1.807, 2.05) is 0 Å². The molecule has 152 valence electrons. The van der Waals surface area contributed by atoms with E-state index < -0.39 is 10.8 Å². The molecule has 2 aliphatic carbocycles. The number of hydrogen-bond donors (Lipinski definition) is 4. The molecule has 0 unspecified atom stereocenters. The van der Waals surface area contributed by atoms with Crippen LogP contribution in [0.2, 0.25) is 0 Å². The van der Waals surface area contributed by atoms with E-state index in [0.717, 1.165) is 25.7 Å². The zero-order valence-corrected chi connectivity index (χ0v) is 17.0. The van der Waals surface area contributed by atoms with Gasteiger partial charge in [-0.05, 0) is 55.4 Å². The monoisotopic (exact) mass is 405 g/mol. The van der Waals surface area contributed by atoms with Crippen molar-refractivity contribution in [1.82, 2.24) is 16.2 Å². The van der Waals surface area contributed by atoms with E-state index in [4.69, 9.17) is 12.2 Å². The molecule has 8 nitrogen and oxygen atoms in total.